The molecule has 0 spiro atoms. The Labute approximate surface area is 120 Å². The Morgan fingerprint density at radius 2 is 2.11 bits per heavy atom. The van der Waals surface area contributed by atoms with E-state index in [4.69, 9.17) is 0 Å². The van der Waals surface area contributed by atoms with Gasteiger partial charge < -0.3 is 4.98 Å². The van der Waals surface area contributed by atoms with Crippen LogP contribution in [-0.4, -0.2) is 19.7 Å². The van der Waals surface area contributed by atoms with Crippen LogP contribution in [0.2, 0.25) is 0 Å². The first-order valence-corrected chi connectivity index (χ1v) is 6.95. The SMILES string of the molecule is CCn1cc(-c2nc(C(C)(C)C)c(Br)c(=O)[nH]2)cn1. The van der Waals surface area contributed by atoms with Crippen LogP contribution in [0, 0.1) is 0 Å². The molecule has 0 aliphatic heterocycles. The zero-order valence-electron chi connectivity index (χ0n) is 11.5. The largest absolute Gasteiger partial charge is 0.305 e. The molecule has 2 rings (SSSR count). The van der Waals surface area contributed by atoms with E-state index in [0.29, 0.717) is 10.3 Å². The lowest BCUT2D eigenvalue weighted by molar-refractivity contribution is 0.562. The van der Waals surface area contributed by atoms with Gasteiger partial charge in [-0.1, -0.05) is 20.8 Å². The zero-order valence-corrected chi connectivity index (χ0v) is 13.1. The van der Waals surface area contributed by atoms with Crippen LogP contribution in [0.3, 0.4) is 0 Å². The van der Waals surface area contributed by atoms with Gasteiger partial charge in [0.1, 0.15) is 10.3 Å². The van der Waals surface area contributed by atoms with Crippen LogP contribution in [0.15, 0.2) is 21.7 Å². The number of aromatic nitrogens is 4. The summed E-state index contributed by atoms with van der Waals surface area (Å²) in [5, 5.41) is 4.20. The second-order valence-corrected chi connectivity index (χ2v) is 6.20. The molecule has 0 saturated carbocycles. The molecule has 0 saturated heterocycles. The normalized spacial score (nSPS) is 11.8. The molecule has 0 bridgehead atoms. The summed E-state index contributed by atoms with van der Waals surface area (Å²) in [5.74, 6) is 0.554. The summed E-state index contributed by atoms with van der Waals surface area (Å²) in [6.45, 7) is 8.87. The number of hydrogen-bond acceptors (Lipinski definition) is 3. The van der Waals surface area contributed by atoms with Crippen molar-refractivity contribution in [2.45, 2.75) is 39.7 Å². The minimum atomic E-state index is -0.206. The topological polar surface area (TPSA) is 63.6 Å². The van der Waals surface area contributed by atoms with E-state index in [1.165, 1.54) is 0 Å². The molecule has 0 aliphatic carbocycles. The van der Waals surface area contributed by atoms with Crippen LogP contribution in [0.1, 0.15) is 33.4 Å². The Balaban J connectivity index is 2.60. The van der Waals surface area contributed by atoms with Crippen LogP contribution in [0.4, 0.5) is 0 Å². The van der Waals surface area contributed by atoms with Gasteiger partial charge in [-0.2, -0.15) is 5.10 Å². The predicted octanol–water partition coefficient (Wildman–Crippen LogP) is 2.71. The van der Waals surface area contributed by atoms with Gasteiger partial charge in [0.25, 0.3) is 5.56 Å². The van der Waals surface area contributed by atoms with Crippen molar-refractivity contribution in [1.82, 2.24) is 19.7 Å². The molecule has 0 aromatic carbocycles. The number of aromatic amines is 1. The first kappa shape index (κ1) is 14.0. The zero-order chi connectivity index (χ0) is 14.2. The molecule has 2 heterocycles. The average molecular weight is 325 g/mol. The summed E-state index contributed by atoms with van der Waals surface area (Å²) in [5.41, 5.74) is 1.19. The number of nitrogens with one attached hydrogen (secondary N) is 1. The van der Waals surface area contributed by atoms with Crippen molar-refractivity contribution in [3.05, 3.63) is 32.9 Å². The second kappa shape index (κ2) is 4.92. The Hall–Kier alpha value is -1.43. The van der Waals surface area contributed by atoms with Gasteiger partial charge in [-0.3, -0.25) is 9.48 Å². The quantitative estimate of drug-likeness (QED) is 0.923. The Morgan fingerprint density at radius 3 is 2.63 bits per heavy atom. The van der Waals surface area contributed by atoms with Gasteiger partial charge in [-0.25, -0.2) is 4.98 Å². The molecule has 0 amide bonds. The average Bonchev–Trinajstić information content (AvgIpc) is 2.79. The highest BCUT2D eigenvalue weighted by Gasteiger charge is 2.22. The highest BCUT2D eigenvalue weighted by atomic mass is 79.9. The maximum Gasteiger partial charge on any atom is 0.265 e. The first-order valence-electron chi connectivity index (χ1n) is 6.16. The minimum Gasteiger partial charge on any atom is -0.305 e. The van der Waals surface area contributed by atoms with Gasteiger partial charge in [0.15, 0.2) is 0 Å². The van der Waals surface area contributed by atoms with Gasteiger partial charge in [-0.05, 0) is 22.9 Å². The lowest BCUT2D eigenvalue weighted by Gasteiger charge is -2.19. The summed E-state index contributed by atoms with van der Waals surface area (Å²) in [6.07, 6.45) is 3.58. The highest BCUT2D eigenvalue weighted by molar-refractivity contribution is 9.10. The molecule has 1 N–H and O–H groups in total. The summed E-state index contributed by atoms with van der Waals surface area (Å²) in [4.78, 5) is 19.3. The molecule has 0 atom stereocenters. The van der Waals surface area contributed by atoms with E-state index in [9.17, 15) is 4.79 Å². The molecule has 5 nitrogen and oxygen atoms in total. The maximum atomic E-state index is 12.0. The monoisotopic (exact) mass is 324 g/mol. The molecule has 0 radical (unpaired) electrons. The van der Waals surface area contributed by atoms with E-state index < -0.39 is 0 Å². The van der Waals surface area contributed by atoms with E-state index in [0.717, 1.165) is 17.8 Å². The molecule has 2 aromatic rings. The van der Waals surface area contributed by atoms with Crippen molar-refractivity contribution in [1.29, 1.82) is 0 Å². The fourth-order valence-electron chi connectivity index (χ4n) is 1.75. The minimum absolute atomic E-state index is 0.167. The molecular weight excluding hydrogens is 308 g/mol. The van der Waals surface area contributed by atoms with E-state index in [2.05, 4.69) is 31.0 Å². The van der Waals surface area contributed by atoms with Gasteiger partial charge in [-0.15, -0.1) is 0 Å². The van der Waals surface area contributed by atoms with Crippen LogP contribution < -0.4 is 5.56 Å². The molecule has 0 fully saturated rings. The van der Waals surface area contributed by atoms with Gasteiger partial charge >= 0.3 is 0 Å². The summed E-state index contributed by atoms with van der Waals surface area (Å²) in [6, 6.07) is 0. The standard InChI is InChI=1S/C13H17BrN4O/c1-5-18-7-8(6-15-18)11-16-10(13(2,3)4)9(14)12(19)17-11/h6-7H,5H2,1-4H3,(H,16,17,19). The molecule has 2 aromatic heterocycles. The first-order chi connectivity index (χ1) is 8.82. The third-order valence-electron chi connectivity index (χ3n) is 2.80. The van der Waals surface area contributed by atoms with E-state index in [-0.39, 0.29) is 11.0 Å². The third-order valence-corrected chi connectivity index (χ3v) is 3.54. The van der Waals surface area contributed by atoms with Crippen molar-refractivity contribution in [2.24, 2.45) is 0 Å². The summed E-state index contributed by atoms with van der Waals surface area (Å²) in [7, 11) is 0. The number of H-pyrrole nitrogens is 1. The van der Waals surface area contributed by atoms with Gasteiger partial charge in [0.05, 0.1) is 17.5 Å². The van der Waals surface area contributed by atoms with Crippen LogP contribution in [0.25, 0.3) is 11.4 Å². The van der Waals surface area contributed by atoms with Crippen LogP contribution in [-0.2, 0) is 12.0 Å². The van der Waals surface area contributed by atoms with Crippen molar-refractivity contribution in [2.75, 3.05) is 0 Å². The Kier molecular flexibility index (Phi) is 3.62. The number of hydrogen-bond donors (Lipinski definition) is 1. The fourth-order valence-corrected chi connectivity index (χ4v) is 2.53. The van der Waals surface area contributed by atoms with Crippen molar-refractivity contribution >= 4 is 15.9 Å². The number of rotatable bonds is 2. The van der Waals surface area contributed by atoms with Crippen LogP contribution in [0.5, 0.6) is 0 Å². The van der Waals surface area contributed by atoms with Crippen molar-refractivity contribution in [3.63, 3.8) is 0 Å². The summed E-state index contributed by atoms with van der Waals surface area (Å²) < 4.78 is 2.29. The smallest absolute Gasteiger partial charge is 0.265 e. The highest BCUT2D eigenvalue weighted by Crippen LogP contribution is 2.27. The van der Waals surface area contributed by atoms with E-state index >= 15 is 0 Å². The number of halogens is 1. The fraction of sp³-hybridized carbons (Fsp3) is 0.462. The third kappa shape index (κ3) is 2.78. The van der Waals surface area contributed by atoms with E-state index in [1.807, 2.05) is 33.9 Å². The van der Waals surface area contributed by atoms with Crippen molar-refractivity contribution < 1.29 is 0 Å². The van der Waals surface area contributed by atoms with Gasteiger partial charge in [0.2, 0.25) is 0 Å². The molecule has 6 heteroatoms. The molecule has 0 aliphatic rings. The molecule has 0 unspecified atom stereocenters. The summed E-state index contributed by atoms with van der Waals surface area (Å²) >= 11 is 3.31. The maximum absolute atomic E-state index is 12.0. The number of aryl methyl sites for hydroxylation is 1. The van der Waals surface area contributed by atoms with Crippen molar-refractivity contribution in [3.8, 4) is 11.4 Å². The number of nitrogens with zero attached hydrogens (tertiary/aromatic N) is 3. The second-order valence-electron chi connectivity index (χ2n) is 5.41. The van der Waals surface area contributed by atoms with Crippen LogP contribution >= 0.6 is 15.9 Å². The lowest BCUT2D eigenvalue weighted by Crippen LogP contribution is -2.22. The Morgan fingerprint density at radius 1 is 1.42 bits per heavy atom. The van der Waals surface area contributed by atoms with E-state index in [1.54, 1.807) is 10.9 Å². The Bertz CT molecular complexity index is 651. The van der Waals surface area contributed by atoms with Gasteiger partial charge in [0, 0.05) is 18.2 Å². The lowest BCUT2D eigenvalue weighted by atomic mass is 9.92. The molecule has 19 heavy (non-hydrogen) atoms. The molecular formula is C13H17BrN4O. The molecule has 102 valence electrons. The predicted molar refractivity (Wildman–Crippen MR) is 78.2 cm³/mol.